The highest BCUT2D eigenvalue weighted by molar-refractivity contribution is 7.90. The van der Waals surface area contributed by atoms with E-state index in [4.69, 9.17) is 9.73 Å². The van der Waals surface area contributed by atoms with E-state index in [2.05, 4.69) is 0 Å². The molecular weight excluding hydrogens is 443 g/mol. The molecule has 0 bridgehead atoms. The second-order valence-electron chi connectivity index (χ2n) is 8.15. The van der Waals surface area contributed by atoms with E-state index in [1.165, 1.54) is 17.7 Å². The molecule has 6 nitrogen and oxygen atoms in total. The summed E-state index contributed by atoms with van der Waals surface area (Å²) in [5, 5.41) is 0. The van der Waals surface area contributed by atoms with Crippen molar-refractivity contribution in [3.05, 3.63) is 87.1 Å². The molecule has 0 fully saturated rings. The molecular formula is C25H25FN2O4S. The second kappa shape index (κ2) is 8.59. The van der Waals surface area contributed by atoms with Crippen LogP contribution in [0.3, 0.4) is 0 Å². The summed E-state index contributed by atoms with van der Waals surface area (Å²) in [6.07, 6.45) is 1.75. The lowest BCUT2D eigenvalue weighted by molar-refractivity contribution is 0.386. The zero-order valence-electron chi connectivity index (χ0n) is 18.9. The third-order valence-electron chi connectivity index (χ3n) is 5.91. The highest BCUT2D eigenvalue weighted by Crippen LogP contribution is 2.38. The number of nitrogens with zero attached hydrogens (tertiary/aromatic N) is 2. The standard InChI is InChI=1S/C25H25FN2O4S/c1-5-33(30,31)14-16-6-8-18-20(10-16)21-13-28(3)24(29)12-19(21)15(2)27-25(18)17-7-9-23(32-4)22(26)11-17/h6-13,15H,5,14H2,1-4H3/t15-/m0/s1. The number of fused-ring (bicyclic) bond motifs is 3. The number of aryl methyl sites for hydroxylation is 1. The van der Waals surface area contributed by atoms with Crippen LogP contribution >= 0.6 is 0 Å². The Balaban J connectivity index is 1.99. The first-order chi connectivity index (χ1) is 15.6. The van der Waals surface area contributed by atoms with Gasteiger partial charge in [0.2, 0.25) is 0 Å². The van der Waals surface area contributed by atoms with Gasteiger partial charge in [-0.05, 0) is 47.9 Å². The molecule has 2 aromatic carbocycles. The van der Waals surface area contributed by atoms with Gasteiger partial charge in [0.05, 0.1) is 24.6 Å². The van der Waals surface area contributed by atoms with Gasteiger partial charge in [-0.2, -0.15) is 0 Å². The minimum absolute atomic E-state index is 0.0457. The van der Waals surface area contributed by atoms with Gasteiger partial charge in [-0.25, -0.2) is 12.8 Å². The van der Waals surface area contributed by atoms with Crippen molar-refractivity contribution in [3.8, 4) is 16.9 Å². The van der Waals surface area contributed by atoms with Crippen molar-refractivity contribution in [2.75, 3.05) is 12.9 Å². The average molecular weight is 469 g/mol. The molecule has 0 spiro atoms. The van der Waals surface area contributed by atoms with Crippen LogP contribution in [0.25, 0.3) is 11.1 Å². The van der Waals surface area contributed by atoms with E-state index in [0.29, 0.717) is 16.8 Å². The number of ether oxygens (including phenoxy) is 1. The van der Waals surface area contributed by atoms with E-state index >= 15 is 0 Å². The van der Waals surface area contributed by atoms with Crippen LogP contribution in [0.4, 0.5) is 4.39 Å². The van der Waals surface area contributed by atoms with E-state index in [1.807, 2.05) is 19.1 Å². The van der Waals surface area contributed by atoms with Crippen molar-refractivity contribution in [1.82, 2.24) is 4.57 Å². The van der Waals surface area contributed by atoms with Gasteiger partial charge in [0.25, 0.3) is 5.56 Å². The van der Waals surface area contributed by atoms with Gasteiger partial charge in [-0.15, -0.1) is 0 Å². The highest BCUT2D eigenvalue weighted by atomic mass is 32.2. The molecule has 4 rings (SSSR count). The molecule has 0 saturated heterocycles. The summed E-state index contributed by atoms with van der Waals surface area (Å²) in [5.74, 6) is -0.415. The summed E-state index contributed by atoms with van der Waals surface area (Å²) < 4.78 is 45.6. The lowest BCUT2D eigenvalue weighted by atomic mass is 9.91. The first-order valence-electron chi connectivity index (χ1n) is 10.6. The zero-order valence-corrected chi connectivity index (χ0v) is 19.7. The Kier molecular flexibility index (Phi) is 5.97. The Hall–Kier alpha value is -3.26. The van der Waals surface area contributed by atoms with Crippen molar-refractivity contribution in [3.63, 3.8) is 0 Å². The smallest absolute Gasteiger partial charge is 0.250 e. The Morgan fingerprint density at radius 2 is 1.85 bits per heavy atom. The molecule has 1 aliphatic rings. The Labute approximate surface area is 192 Å². The molecule has 1 aliphatic heterocycles. The maximum absolute atomic E-state index is 14.5. The van der Waals surface area contributed by atoms with E-state index in [9.17, 15) is 17.6 Å². The molecule has 0 unspecified atom stereocenters. The Bertz CT molecular complexity index is 1440. The predicted molar refractivity (Wildman–Crippen MR) is 127 cm³/mol. The van der Waals surface area contributed by atoms with Crippen LogP contribution in [0.15, 0.2) is 58.4 Å². The molecule has 1 aromatic heterocycles. The molecule has 8 heteroatoms. The molecule has 0 N–H and O–H groups in total. The number of hydrogen-bond acceptors (Lipinski definition) is 5. The number of halogens is 1. The number of rotatable bonds is 5. The van der Waals surface area contributed by atoms with E-state index in [0.717, 1.165) is 22.3 Å². The van der Waals surface area contributed by atoms with Crippen LogP contribution in [0.1, 0.15) is 42.1 Å². The van der Waals surface area contributed by atoms with Gasteiger partial charge in [0.1, 0.15) is 0 Å². The molecule has 0 amide bonds. The number of aliphatic imine (C=N–C) groups is 1. The average Bonchev–Trinajstić information content (AvgIpc) is 2.89. The molecule has 172 valence electrons. The van der Waals surface area contributed by atoms with Crippen molar-refractivity contribution >= 4 is 15.5 Å². The van der Waals surface area contributed by atoms with Crippen LogP contribution < -0.4 is 10.3 Å². The predicted octanol–water partition coefficient (Wildman–Crippen LogP) is 4.05. The number of pyridine rings is 1. The maximum Gasteiger partial charge on any atom is 0.250 e. The lowest BCUT2D eigenvalue weighted by Crippen LogP contribution is -2.17. The number of benzene rings is 2. The fourth-order valence-electron chi connectivity index (χ4n) is 4.06. The van der Waals surface area contributed by atoms with E-state index < -0.39 is 15.7 Å². The number of hydrogen-bond donors (Lipinski definition) is 0. The van der Waals surface area contributed by atoms with Gasteiger partial charge in [0, 0.05) is 41.8 Å². The SMILES string of the molecule is CCS(=O)(=O)Cc1ccc2c(c1)-c1cn(C)c(=O)cc1[C@H](C)N=C2c1ccc(OC)c(F)c1. The van der Waals surface area contributed by atoms with Crippen molar-refractivity contribution in [1.29, 1.82) is 0 Å². The summed E-state index contributed by atoms with van der Waals surface area (Å²) >= 11 is 0. The van der Waals surface area contributed by atoms with Crippen molar-refractivity contribution < 1.29 is 17.5 Å². The molecule has 1 atom stereocenters. The summed E-state index contributed by atoms with van der Waals surface area (Å²) in [4.78, 5) is 17.3. The third-order valence-corrected chi connectivity index (χ3v) is 7.57. The van der Waals surface area contributed by atoms with Crippen LogP contribution in [0.5, 0.6) is 5.75 Å². The molecule has 2 heterocycles. The monoisotopic (exact) mass is 468 g/mol. The zero-order chi connectivity index (χ0) is 23.9. The normalized spacial score (nSPS) is 15.3. The fraction of sp³-hybridized carbons (Fsp3) is 0.280. The largest absolute Gasteiger partial charge is 0.494 e. The van der Waals surface area contributed by atoms with Gasteiger partial charge < -0.3 is 9.30 Å². The molecule has 0 radical (unpaired) electrons. The van der Waals surface area contributed by atoms with Gasteiger partial charge in [-0.3, -0.25) is 9.79 Å². The lowest BCUT2D eigenvalue weighted by Gasteiger charge is -2.15. The second-order valence-corrected chi connectivity index (χ2v) is 10.5. The first kappa shape index (κ1) is 22.9. The van der Waals surface area contributed by atoms with Crippen LogP contribution in [-0.4, -0.2) is 31.6 Å². The van der Waals surface area contributed by atoms with Gasteiger partial charge >= 0.3 is 0 Å². The number of sulfone groups is 1. The molecule has 0 saturated carbocycles. The highest BCUT2D eigenvalue weighted by Gasteiger charge is 2.25. The Morgan fingerprint density at radius 1 is 1.09 bits per heavy atom. The fourth-order valence-corrected chi connectivity index (χ4v) is 4.95. The molecule has 33 heavy (non-hydrogen) atoms. The minimum atomic E-state index is -3.24. The number of aromatic nitrogens is 1. The Morgan fingerprint density at radius 3 is 2.52 bits per heavy atom. The quantitative estimate of drug-likeness (QED) is 0.566. The topological polar surface area (TPSA) is 77.7 Å². The van der Waals surface area contributed by atoms with E-state index in [1.54, 1.807) is 44.4 Å². The van der Waals surface area contributed by atoms with Crippen LogP contribution in [-0.2, 0) is 22.6 Å². The summed E-state index contributed by atoms with van der Waals surface area (Å²) in [6, 6.07) is 11.3. The van der Waals surface area contributed by atoms with Crippen LogP contribution in [0.2, 0.25) is 0 Å². The third kappa shape index (κ3) is 4.35. The van der Waals surface area contributed by atoms with Gasteiger partial charge in [0.15, 0.2) is 21.4 Å². The maximum atomic E-state index is 14.5. The first-order valence-corrected chi connectivity index (χ1v) is 12.4. The summed E-state index contributed by atoms with van der Waals surface area (Å²) in [6.45, 7) is 3.50. The number of methoxy groups -OCH3 is 1. The van der Waals surface area contributed by atoms with E-state index in [-0.39, 0.29) is 28.9 Å². The molecule has 0 aliphatic carbocycles. The van der Waals surface area contributed by atoms with Crippen molar-refractivity contribution in [2.24, 2.45) is 12.0 Å². The minimum Gasteiger partial charge on any atom is -0.494 e. The van der Waals surface area contributed by atoms with Crippen LogP contribution in [0, 0.1) is 5.82 Å². The van der Waals surface area contributed by atoms with Crippen molar-refractivity contribution in [2.45, 2.75) is 25.6 Å². The summed E-state index contributed by atoms with van der Waals surface area (Å²) in [5.41, 5.74) is 4.63. The molecule has 3 aromatic rings. The van der Waals surface area contributed by atoms with Gasteiger partial charge in [-0.1, -0.05) is 19.1 Å². The summed E-state index contributed by atoms with van der Waals surface area (Å²) in [7, 11) is -0.164.